The molecule has 122 valence electrons. The minimum absolute atomic E-state index is 0.0622. The van der Waals surface area contributed by atoms with Crippen LogP contribution in [0.2, 0.25) is 5.02 Å². The third-order valence-electron chi connectivity index (χ3n) is 4.04. The highest BCUT2D eigenvalue weighted by atomic mass is 127. The van der Waals surface area contributed by atoms with Crippen molar-refractivity contribution in [2.24, 2.45) is 11.1 Å². The van der Waals surface area contributed by atoms with Crippen LogP contribution in [0, 0.1) is 8.99 Å². The summed E-state index contributed by atoms with van der Waals surface area (Å²) in [6, 6.07) is 7.57. The van der Waals surface area contributed by atoms with Crippen LogP contribution in [0.1, 0.15) is 35.1 Å². The van der Waals surface area contributed by atoms with Gasteiger partial charge in [0.25, 0.3) is 5.91 Å². The van der Waals surface area contributed by atoms with Crippen molar-refractivity contribution in [2.75, 3.05) is 11.9 Å². The number of amides is 1. The highest BCUT2D eigenvalue weighted by Crippen LogP contribution is 2.41. The number of carbonyl (C=O) groups excluding carboxylic acids is 1. The number of benzene rings is 1. The first-order valence-electron chi connectivity index (χ1n) is 7.17. The monoisotopic (exact) mass is 461 g/mol. The van der Waals surface area contributed by atoms with Crippen molar-refractivity contribution in [3.05, 3.63) is 43.3 Å². The normalized spacial score (nSPS) is 19.7. The number of nitrogens with one attached hydrogen (secondary N) is 2. The predicted molar refractivity (Wildman–Crippen MR) is 105 cm³/mol. The van der Waals surface area contributed by atoms with Crippen molar-refractivity contribution < 1.29 is 4.79 Å². The van der Waals surface area contributed by atoms with Gasteiger partial charge in [0.2, 0.25) is 0 Å². The van der Waals surface area contributed by atoms with Crippen LogP contribution < -0.4 is 16.4 Å². The number of carbonyl (C=O) groups is 1. The molecule has 1 atom stereocenters. The van der Waals surface area contributed by atoms with E-state index in [9.17, 15) is 4.79 Å². The van der Waals surface area contributed by atoms with Gasteiger partial charge in [-0.1, -0.05) is 25.4 Å². The van der Waals surface area contributed by atoms with E-state index in [1.165, 1.54) is 11.3 Å². The number of thiophene rings is 1. The molecule has 0 saturated heterocycles. The topological polar surface area (TPSA) is 67.2 Å². The Kier molecular flexibility index (Phi) is 4.61. The summed E-state index contributed by atoms with van der Waals surface area (Å²) in [5.41, 5.74) is 7.91. The molecule has 23 heavy (non-hydrogen) atoms. The van der Waals surface area contributed by atoms with Gasteiger partial charge >= 0.3 is 0 Å². The molecule has 0 radical (unpaired) electrons. The van der Waals surface area contributed by atoms with Crippen molar-refractivity contribution in [3.8, 4) is 0 Å². The second-order valence-corrected chi connectivity index (χ2v) is 9.00. The number of hydrogen-bond donors (Lipinski definition) is 3. The molecule has 1 aliphatic heterocycles. The molecule has 3 rings (SSSR count). The molecule has 0 saturated carbocycles. The van der Waals surface area contributed by atoms with Crippen molar-refractivity contribution in [1.29, 1.82) is 0 Å². The van der Waals surface area contributed by atoms with Crippen LogP contribution in [0.4, 0.5) is 10.7 Å². The molecule has 1 amide bonds. The first-order chi connectivity index (χ1) is 10.8. The molecule has 2 aromatic rings. The Bertz CT molecular complexity index is 775. The zero-order chi connectivity index (χ0) is 16.8. The third-order valence-corrected chi connectivity index (χ3v) is 6.09. The maximum atomic E-state index is 12.3. The molecule has 1 aliphatic rings. The zero-order valence-corrected chi connectivity index (χ0v) is 16.5. The molecule has 0 spiro atoms. The van der Waals surface area contributed by atoms with E-state index in [2.05, 4.69) is 47.1 Å². The Hall–Kier alpha value is -0.830. The van der Waals surface area contributed by atoms with Gasteiger partial charge in [-0.25, -0.2) is 0 Å². The molecule has 4 nitrogen and oxygen atoms in total. The Morgan fingerprint density at radius 1 is 1.43 bits per heavy atom. The van der Waals surface area contributed by atoms with Gasteiger partial charge in [-0.3, -0.25) is 4.79 Å². The van der Waals surface area contributed by atoms with Crippen LogP contribution in [0.3, 0.4) is 0 Å². The van der Waals surface area contributed by atoms with E-state index in [1.807, 2.05) is 24.3 Å². The summed E-state index contributed by atoms with van der Waals surface area (Å²) >= 11 is 9.89. The fourth-order valence-electron chi connectivity index (χ4n) is 2.52. The van der Waals surface area contributed by atoms with E-state index in [0.29, 0.717) is 16.4 Å². The van der Waals surface area contributed by atoms with Gasteiger partial charge in [0.15, 0.2) is 0 Å². The zero-order valence-electron chi connectivity index (χ0n) is 12.7. The lowest BCUT2D eigenvalue weighted by Gasteiger charge is -2.29. The van der Waals surface area contributed by atoms with Gasteiger partial charge in [-0.05, 0) is 52.4 Å². The summed E-state index contributed by atoms with van der Waals surface area (Å²) in [6.45, 7) is 4.70. The fourth-order valence-corrected chi connectivity index (χ4v) is 4.46. The third kappa shape index (κ3) is 3.35. The summed E-state index contributed by atoms with van der Waals surface area (Å²) in [5.74, 6) is -0.0622. The SMILES string of the molecule is CC1(C)CNC(=O)c2sc(Nc3ccc(I)cc3Cl)cc2C1N. The van der Waals surface area contributed by atoms with Crippen molar-refractivity contribution in [1.82, 2.24) is 5.32 Å². The van der Waals surface area contributed by atoms with Gasteiger partial charge in [-0.2, -0.15) is 0 Å². The average molecular weight is 462 g/mol. The smallest absolute Gasteiger partial charge is 0.261 e. The van der Waals surface area contributed by atoms with Gasteiger partial charge < -0.3 is 16.4 Å². The minimum atomic E-state index is -0.199. The lowest BCUT2D eigenvalue weighted by Crippen LogP contribution is -2.37. The maximum Gasteiger partial charge on any atom is 0.261 e. The van der Waals surface area contributed by atoms with E-state index < -0.39 is 0 Å². The summed E-state index contributed by atoms with van der Waals surface area (Å²) in [5, 5.41) is 7.76. The number of hydrogen-bond acceptors (Lipinski definition) is 4. The van der Waals surface area contributed by atoms with Gasteiger partial charge in [0.1, 0.15) is 0 Å². The van der Waals surface area contributed by atoms with Crippen LogP contribution >= 0.6 is 45.5 Å². The molecule has 2 heterocycles. The second-order valence-electron chi connectivity index (χ2n) is 6.29. The van der Waals surface area contributed by atoms with Crippen LogP contribution in [0.25, 0.3) is 0 Å². The second kappa shape index (κ2) is 6.23. The van der Waals surface area contributed by atoms with Gasteiger partial charge in [-0.15, -0.1) is 11.3 Å². The van der Waals surface area contributed by atoms with E-state index in [-0.39, 0.29) is 17.4 Å². The Labute approximate surface area is 157 Å². The summed E-state index contributed by atoms with van der Waals surface area (Å²) in [7, 11) is 0. The maximum absolute atomic E-state index is 12.3. The molecular formula is C16H17ClIN3OS. The van der Waals surface area contributed by atoms with Gasteiger partial charge in [0, 0.05) is 21.6 Å². The summed E-state index contributed by atoms with van der Waals surface area (Å²) in [6.07, 6.45) is 0. The summed E-state index contributed by atoms with van der Waals surface area (Å²) < 4.78 is 1.07. The van der Waals surface area contributed by atoms with E-state index in [1.54, 1.807) is 0 Å². The van der Waals surface area contributed by atoms with Crippen LogP contribution in [0.5, 0.6) is 0 Å². The molecule has 0 fully saturated rings. The van der Waals surface area contributed by atoms with E-state index in [0.717, 1.165) is 19.8 Å². The largest absolute Gasteiger partial charge is 0.351 e. The number of rotatable bonds is 2. The van der Waals surface area contributed by atoms with Crippen molar-refractivity contribution in [3.63, 3.8) is 0 Å². The fraction of sp³-hybridized carbons (Fsp3) is 0.312. The lowest BCUT2D eigenvalue weighted by atomic mass is 9.82. The molecular weight excluding hydrogens is 445 g/mol. The van der Waals surface area contributed by atoms with Crippen LogP contribution in [-0.2, 0) is 0 Å². The number of nitrogens with two attached hydrogens (primary N) is 1. The molecule has 0 bridgehead atoms. The highest BCUT2D eigenvalue weighted by molar-refractivity contribution is 14.1. The first-order valence-corrected chi connectivity index (χ1v) is 9.45. The lowest BCUT2D eigenvalue weighted by molar-refractivity contribution is 0.0946. The molecule has 1 aromatic heterocycles. The minimum Gasteiger partial charge on any atom is -0.351 e. The standard InChI is InChI=1S/C16H17ClIN3OS/c1-16(2)7-20-15(22)13-9(14(16)19)6-12(23-13)21-11-4-3-8(18)5-10(11)17/h3-6,14,21H,7,19H2,1-2H3,(H,20,22). The molecule has 1 unspecified atom stereocenters. The highest BCUT2D eigenvalue weighted by Gasteiger charge is 2.35. The van der Waals surface area contributed by atoms with Gasteiger partial charge in [0.05, 0.1) is 20.6 Å². The number of anilines is 2. The Balaban J connectivity index is 1.96. The first kappa shape index (κ1) is 17.0. The number of fused-ring (bicyclic) bond motifs is 1. The summed E-state index contributed by atoms with van der Waals surface area (Å²) in [4.78, 5) is 13.0. The molecule has 7 heteroatoms. The van der Waals surface area contributed by atoms with E-state index >= 15 is 0 Å². The van der Waals surface area contributed by atoms with Crippen LogP contribution in [0.15, 0.2) is 24.3 Å². The Morgan fingerprint density at radius 3 is 2.87 bits per heavy atom. The Morgan fingerprint density at radius 2 is 2.17 bits per heavy atom. The van der Waals surface area contributed by atoms with Crippen LogP contribution in [-0.4, -0.2) is 12.5 Å². The molecule has 0 aliphatic carbocycles. The van der Waals surface area contributed by atoms with E-state index in [4.69, 9.17) is 17.3 Å². The average Bonchev–Trinajstić information content (AvgIpc) is 2.87. The predicted octanol–water partition coefficient (Wildman–Crippen LogP) is 4.52. The molecule has 4 N–H and O–H groups in total. The van der Waals surface area contributed by atoms with Crippen molar-refractivity contribution in [2.45, 2.75) is 19.9 Å². The van der Waals surface area contributed by atoms with Crippen molar-refractivity contribution >= 4 is 62.1 Å². The quantitative estimate of drug-likeness (QED) is 0.576. The molecule has 1 aromatic carbocycles. The number of halogens is 2.